The van der Waals surface area contributed by atoms with E-state index in [9.17, 15) is 18.4 Å². The summed E-state index contributed by atoms with van der Waals surface area (Å²) in [5.41, 5.74) is -1.53. The summed E-state index contributed by atoms with van der Waals surface area (Å²) in [5.74, 6) is -2.39. The second-order valence-electron chi connectivity index (χ2n) is 5.38. The van der Waals surface area contributed by atoms with Crippen LogP contribution in [0.15, 0.2) is 16.6 Å². The predicted octanol–water partition coefficient (Wildman–Crippen LogP) is 2.70. The lowest BCUT2D eigenvalue weighted by Crippen LogP contribution is -2.64. The number of halogens is 3. The zero-order chi connectivity index (χ0) is 15.9. The predicted molar refractivity (Wildman–Crippen MR) is 77.9 cm³/mol. The monoisotopic (exact) mass is 360 g/mol. The lowest BCUT2D eigenvalue weighted by Gasteiger charge is -2.45. The summed E-state index contributed by atoms with van der Waals surface area (Å²) in [4.78, 5) is 26.6. The van der Waals surface area contributed by atoms with E-state index in [1.54, 1.807) is 13.8 Å². The maximum Gasteiger partial charge on any atom is 0.252 e. The summed E-state index contributed by atoms with van der Waals surface area (Å²) in [6.45, 7) is 4.77. The van der Waals surface area contributed by atoms with Crippen molar-refractivity contribution in [3.63, 3.8) is 0 Å². The molecule has 0 unspecified atom stereocenters. The molecule has 1 aromatic rings. The summed E-state index contributed by atoms with van der Waals surface area (Å²) in [7, 11) is 0. The third-order valence-electron chi connectivity index (χ3n) is 3.66. The van der Waals surface area contributed by atoms with E-state index in [4.69, 9.17) is 0 Å². The fourth-order valence-corrected chi connectivity index (χ4v) is 2.87. The van der Waals surface area contributed by atoms with Crippen molar-refractivity contribution in [2.45, 2.75) is 26.3 Å². The van der Waals surface area contributed by atoms with E-state index in [0.717, 1.165) is 11.0 Å². The molecule has 0 saturated carbocycles. The number of amides is 2. The van der Waals surface area contributed by atoms with Crippen LogP contribution in [0.4, 0.5) is 14.5 Å². The van der Waals surface area contributed by atoms with Crippen molar-refractivity contribution in [1.82, 2.24) is 4.90 Å². The van der Waals surface area contributed by atoms with Crippen LogP contribution in [0.3, 0.4) is 0 Å². The Morgan fingerprint density at radius 2 is 1.90 bits per heavy atom. The molecule has 2 rings (SSSR count). The Balaban J connectivity index is 2.47. The lowest BCUT2D eigenvalue weighted by atomic mass is 9.96. The SMILES string of the molecule is CC(=O)N1CCN(c2c(F)ccc(Br)c2F)C(=O)C1(C)C. The maximum atomic E-state index is 14.2. The number of hydrogen-bond acceptors (Lipinski definition) is 2. The van der Waals surface area contributed by atoms with E-state index < -0.39 is 23.1 Å². The molecule has 7 heteroatoms. The molecular formula is C14H15BrF2N2O2. The Morgan fingerprint density at radius 1 is 1.29 bits per heavy atom. The fraction of sp³-hybridized carbons (Fsp3) is 0.429. The van der Waals surface area contributed by atoms with Gasteiger partial charge in [0.05, 0.1) is 4.47 Å². The van der Waals surface area contributed by atoms with Gasteiger partial charge in [-0.3, -0.25) is 9.59 Å². The molecule has 1 saturated heterocycles. The first-order valence-corrected chi connectivity index (χ1v) is 7.21. The summed E-state index contributed by atoms with van der Waals surface area (Å²) in [5, 5.41) is 0. The van der Waals surface area contributed by atoms with Crippen LogP contribution < -0.4 is 4.90 Å². The second kappa shape index (κ2) is 5.36. The number of hydrogen-bond donors (Lipinski definition) is 0. The number of piperazine rings is 1. The topological polar surface area (TPSA) is 40.6 Å². The van der Waals surface area contributed by atoms with Crippen molar-refractivity contribution >= 4 is 33.4 Å². The number of carbonyl (C=O) groups excluding carboxylic acids is 2. The largest absolute Gasteiger partial charge is 0.327 e. The fourth-order valence-electron chi connectivity index (χ4n) is 2.55. The van der Waals surface area contributed by atoms with E-state index in [1.165, 1.54) is 17.9 Å². The van der Waals surface area contributed by atoms with Gasteiger partial charge in [-0.2, -0.15) is 0 Å². The summed E-state index contributed by atoms with van der Waals surface area (Å²) >= 11 is 2.99. The minimum Gasteiger partial charge on any atom is -0.327 e. The average Bonchev–Trinajstić information content (AvgIpc) is 2.39. The van der Waals surface area contributed by atoms with Gasteiger partial charge < -0.3 is 9.80 Å². The summed E-state index contributed by atoms with van der Waals surface area (Å²) < 4.78 is 28.2. The molecule has 0 N–H and O–H groups in total. The van der Waals surface area contributed by atoms with Crippen LogP contribution in [0.25, 0.3) is 0 Å². The van der Waals surface area contributed by atoms with Gasteiger partial charge in [0.1, 0.15) is 17.0 Å². The zero-order valence-corrected chi connectivity index (χ0v) is 13.5. The first-order chi connectivity index (χ1) is 9.67. The highest BCUT2D eigenvalue weighted by atomic mass is 79.9. The van der Waals surface area contributed by atoms with Crippen molar-refractivity contribution < 1.29 is 18.4 Å². The molecule has 0 aliphatic carbocycles. The van der Waals surface area contributed by atoms with Crippen LogP contribution in [-0.2, 0) is 9.59 Å². The first kappa shape index (κ1) is 15.9. The van der Waals surface area contributed by atoms with E-state index >= 15 is 0 Å². The van der Waals surface area contributed by atoms with Crippen LogP contribution in [0.1, 0.15) is 20.8 Å². The smallest absolute Gasteiger partial charge is 0.252 e. The number of benzene rings is 1. The summed E-state index contributed by atoms with van der Waals surface area (Å²) in [6, 6.07) is 2.34. The third-order valence-corrected chi connectivity index (χ3v) is 4.27. The highest BCUT2D eigenvalue weighted by Crippen LogP contribution is 2.33. The quantitative estimate of drug-likeness (QED) is 0.722. The average molecular weight is 361 g/mol. The van der Waals surface area contributed by atoms with E-state index in [0.29, 0.717) is 0 Å². The molecule has 0 aromatic heterocycles. The van der Waals surface area contributed by atoms with Gasteiger partial charge in [0.25, 0.3) is 5.91 Å². The molecule has 0 bridgehead atoms. The van der Waals surface area contributed by atoms with Gasteiger partial charge in [-0.25, -0.2) is 8.78 Å². The van der Waals surface area contributed by atoms with Gasteiger partial charge in [-0.1, -0.05) is 0 Å². The highest BCUT2D eigenvalue weighted by molar-refractivity contribution is 9.10. The molecule has 1 aliphatic heterocycles. The second-order valence-corrected chi connectivity index (χ2v) is 6.23. The van der Waals surface area contributed by atoms with E-state index in [2.05, 4.69) is 15.9 Å². The first-order valence-electron chi connectivity index (χ1n) is 6.41. The van der Waals surface area contributed by atoms with Crippen LogP contribution in [0.2, 0.25) is 0 Å². The zero-order valence-electron chi connectivity index (χ0n) is 11.9. The van der Waals surface area contributed by atoms with Crippen molar-refractivity contribution in [1.29, 1.82) is 0 Å². The van der Waals surface area contributed by atoms with Gasteiger partial charge in [-0.15, -0.1) is 0 Å². The highest BCUT2D eigenvalue weighted by Gasteiger charge is 2.44. The molecule has 1 heterocycles. The van der Waals surface area contributed by atoms with Gasteiger partial charge in [0.15, 0.2) is 5.82 Å². The molecule has 2 amide bonds. The van der Waals surface area contributed by atoms with Crippen LogP contribution >= 0.6 is 15.9 Å². The summed E-state index contributed by atoms with van der Waals surface area (Å²) in [6.07, 6.45) is 0. The van der Waals surface area contributed by atoms with Crippen LogP contribution in [-0.4, -0.2) is 35.3 Å². The normalized spacial score (nSPS) is 18.1. The van der Waals surface area contributed by atoms with E-state index in [-0.39, 0.29) is 29.2 Å². The number of rotatable bonds is 1. The molecule has 21 heavy (non-hydrogen) atoms. The van der Waals surface area contributed by atoms with Crippen molar-refractivity contribution in [2.75, 3.05) is 18.0 Å². The molecule has 4 nitrogen and oxygen atoms in total. The molecule has 114 valence electrons. The minimum absolute atomic E-state index is 0.0478. The van der Waals surface area contributed by atoms with Gasteiger partial charge in [0.2, 0.25) is 5.91 Å². The molecule has 0 spiro atoms. The molecular weight excluding hydrogens is 346 g/mol. The van der Waals surface area contributed by atoms with Crippen LogP contribution in [0.5, 0.6) is 0 Å². The molecule has 0 atom stereocenters. The molecule has 1 aromatic carbocycles. The van der Waals surface area contributed by atoms with Gasteiger partial charge in [-0.05, 0) is 41.9 Å². The minimum atomic E-state index is -1.15. The molecule has 1 fully saturated rings. The van der Waals surface area contributed by atoms with Gasteiger partial charge in [0, 0.05) is 20.0 Å². The Bertz CT molecular complexity index is 619. The van der Waals surface area contributed by atoms with Crippen molar-refractivity contribution in [3.8, 4) is 0 Å². The van der Waals surface area contributed by atoms with Crippen LogP contribution in [0, 0.1) is 11.6 Å². The maximum absolute atomic E-state index is 14.2. The Hall–Kier alpha value is -1.50. The number of anilines is 1. The van der Waals surface area contributed by atoms with Gasteiger partial charge >= 0.3 is 0 Å². The van der Waals surface area contributed by atoms with Crippen molar-refractivity contribution in [3.05, 3.63) is 28.2 Å². The third kappa shape index (κ3) is 2.54. The van der Waals surface area contributed by atoms with Crippen molar-refractivity contribution in [2.24, 2.45) is 0 Å². The standard InChI is InChI=1S/C14H15BrF2N2O2/c1-8(20)19-7-6-18(13(21)14(19,2)3)12-10(16)5-4-9(15)11(12)17/h4-5H,6-7H2,1-3H3. The lowest BCUT2D eigenvalue weighted by molar-refractivity contribution is -0.145. The molecule has 0 radical (unpaired) electrons. The number of carbonyl (C=O) groups is 2. The van der Waals surface area contributed by atoms with E-state index in [1.807, 2.05) is 0 Å². The Kier molecular flexibility index (Phi) is 4.06. The number of nitrogens with zero attached hydrogens (tertiary/aromatic N) is 2. The Labute approximate surface area is 129 Å². The Morgan fingerprint density at radius 3 is 2.48 bits per heavy atom. The molecule has 1 aliphatic rings.